The second kappa shape index (κ2) is 6.77. The highest BCUT2D eigenvalue weighted by Gasteiger charge is 2.12. The second-order valence-electron chi connectivity index (χ2n) is 4.66. The van der Waals surface area contributed by atoms with Gasteiger partial charge >= 0.3 is 0 Å². The minimum Gasteiger partial charge on any atom is -0.494 e. The van der Waals surface area contributed by atoms with E-state index >= 15 is 0 Å². The number of halogens is 1. The molecule has 0 bridgehead atoms. The van der Waals surface area contributed by atoms with Crippen LogP contribution in [0.3, 0.4) is 0 Å². The van der Waals surface area contributed by atoms with Crippen LogP contribution in [0.2, 0.25) is 5.02 Å². The van der Waals surface area contributed by atoms with Crippen LogP contribution in [-0.4, -0.2) is 23.4 Å². The molecule has 4 nitrogen and oxygen atoms in total. The van der Waals surface area contributed by atoms with Gasteiger partial charge in [-0.15, -0.1) is 0 Å². The quantitative estimate of drug-likeness (QED) is 0.830. The third-order valence-corrected chi connectivity index (χ3v) is 3.46. The number of aromatic nitrogens is 2. The predicted molar refractivity (Wildman–Crippen MR) is 81.9 cm³/mol. The molecule has 0 saturated carbocycles. The molecule has 0 fully saturated rings. The van der Waals surface area contributed by atoms with Crippen molar-refractivity contribution in [3.8, 4) is 11.4 Å². The Morgan fingerprint density at radius 1 is 1.40 bits per heavy atom. The zero-order chi connectivity index (χ0) is 14.5. The zero-order valence-corrected chi connectivity index (χ0v) is 12.9. The number of hydrogen-bond donors (Lipinski definition) is 1. The Bertz CT molecular complexity index is 580. The summed E-state index contributed by atoms with van der Waals surface area (Å²) in [5.74, 6) is 0.758. The number of ether oxygens (including phenoxy) is 1. The van der Waals surface area contributed by atoms with Crippen molar-refractivity contribution in [2.45, 2.75) is 26.8 Å². The molecule has 0 amide bonds. The van der Waals surface area contributed by atoms with E-state index in [0.29, 0.717) is 5.02 Å². The summed E-state index contributed by atoms with van der Waals surface area (Å²) in [5.41, 5.74) is 3.13. The first-order chi connectivity index (χ1) is 9.67. The van der Waals surface area contributed by atoms with Crippen molar-refractivity contribution in [3.05, 3.63) is 40.7 Å². The van der Waals surface area contributed by atoms with Gasteiger partial charge in [-0.1, -0.05) is 18.5 Å². The normalized spacial score (nSPS) is 10.8. The van der Waals surface area contributed by atoms with Gasteiger partial charge in [0.2, 0.25) is 0 Å². The molecule has 0 spiro atoms. The van der Waals surface area contributed by atoms with E-state index in [9.17, 15) is 0 Å². The van der Waals surface area contributed by atoms with Crippen molar-refractivity contribution >= 4 is 11.6 Å². The van der Waals surface area contributed by atoms with Crippen LogP contribution in [0.5, 0.6) is 5.75 Å². The Balaban J connectivity index is 2.31. The van der Waals surface area contributed by atoms with Crippen LogP contribution in [0.15, 0.2) is 24.4 Å². The fourth-order valence-electron chi connectivity index (χ4n) is 2.09. The Morgan fingerprint density at radius 3 is 2.90 bits per heavy atom. The zero-order valence-electron chi connectivity index (χ0n) is 12.1. The topological polar surface area (TPSA) is 39.1 Å². The van der Waals surface area contributed by atoms with Gasteiger partial charge in [-0.25, -0.2) is 4.68 Å². The first-order valence-corrected chi connectivity index (χ1v) is 7.13. The van der Waals surface area contributed by atoms with Gasteiger partial charge in [-0.2, -0.15) is 5.10 Å². The molecule has 1 N–H and O–H groups in total. The van der Waals surface area contributed by atoms with E-state index < -0.39 is 0 Å². The summed E-state index contributed by atoms with van der Waals surface area (Å²) in [4.78, 5) is 0. The minimum absolute atomic E-state index is 0.668. The Labute approximate surface area is 124 Å². The number of hydrogen-bond acceptors (Lipinski definition) is 3. The van der Waals surface area contributed by atoms with Crippen molar-refractivity contribution in [2.75, 3.05) is 13.7 Å². The van der Waals surface area contributed by atoms with E-state index in [0.717, 1.165) is 36.6 Å². The second-order valence-corrected chi connectivity index (χ2v) is 5.10. The van der Waals surface area contributed by atoms with Gasteiger partial charge in [0.25, 0.3) is 0 Å². The standard InChI is InChI=1S/C15H20ClN3O/c1-4-7-17-9-12-10-18-19(11(12)2)14-8-13(16)5-6-15(14)20-3/h5-6,8,10,17H,4,7,9H2,1-3H3. The number of rotatable bonds is 6. The summed E-state index contributed by atoms with van der Waals surface area (Å²) < 4.78 is 7.25. The van der Waals surface area contributed by atoms with E-state index in [1.807, 2.05) is 29.1 Å². The van der Waals surface area contributed by atoms with Crippen LogP contribution in [0.1, 0.15) is 24.6 Å². The first kappa shape index (κ1) is 14.9. The van der Waals surface area contributed by atoms with Gasteiger partial charge in [0.15, 0.2) is 0 Å². The largest absolute Gasteiger partial charge is 0.494 e. The summed E-state index contributed by atoms with van der Waals surface area (Å²) in [6.07, 6.45) is 3.01. The SMILES string of the molecule is CCCNCc1cnn(-c2cc(Cl)ccc2OC)c1C. The fourth-order valence-corrected chi connectivity index (χ4v) is 2.25. The third kappa shape index (κ3) is 3.14. The molecule has 0 saturated heterocycles. The van der Waals surface area contributed by atoms with Crippen LogP contribution >= 0.6 is 11.6 Å². The highest BCUT2D eigenvalue weighted by atomic mass is 35.5. The summed E-state index contributed by atoms with van der Waals surface area (Å²) in [6.45, 7) is 6.03. The van der Waals surface area contributed by atoms with Crippen molar-refractivity contribution in [3.63, 3.8) is 0 Å². The van der Waals surface area contributed by atoms with Crippen LogP contribution in [0, 0.1) is 6.92 Å². The van der Waals surface area contributed by atoms with Crippen molar-refractivity contribution in [1.29, 1.82) is 0 Å². The highest BCUT2D eigenvalue weighted by Crippen LogP contribution is 2.27. The van der Waals surface area contributed by atoms with Crippen molar-refractivity contribution < 1.29 is 4.74 Å². The number of methoxy groups -OCH3 is 1. The summed E-state index contributed by atoms with van der Waals surface area (Å²) in [7, 11) is 1.65. The fraction of sp³-hybridized carbons (Fsp3) is 0.400. The lowest BCUT2D eigenvalue weighted by Crippen LogP contribution is -2.14. The lowest BCUT2D eigenvalue weighted by atomic mass is 10.2. The molecule has 108 valence electrons. The molecule has 2 aromatic rings. The summed E-state index contributed by atoms with van der Waals surface area (Å²) in [5, 5.41) is 8.51. The maximum absolute atomic E-state index is 6.08. The summed E-state index contributed by atoms with van der Waals surface area (Å²) in [6, 6.07) is 5.53. The van der Waals surface area contributed by atoms with Gasteiger partial charge in [-0.3, -0.25) is 0 Å². The number of nitrogens with zero attached hydrogens (tertiary/aromatic N) is 2. The predicted octanol–water partition coefficient (Wildman–Crippen LogP) is 3.34. The lowest BCUT2D eigenvalue weighted by molar-refractivity contribution is 0.411. The van der Waals surface area contributed by atoms with Crippen LogP contribution in [-0.2, 0) is 6.54 Å². The molecule has 20 heavy (non-hydrogen) atoms. The molecule has 0 unspecified atom stereocenters. The molecular formula is C15H20ClN3O. The Hall–Kier alpha value is -1.52. The van der Waals surface area contributed by atoms with Gasteiger partial charge in [0.05, 0.1) is 13.3 Å². The van der Waals surface area contributed by atoms with Gasteiger partial charge < -0.3 is 10.1 Å². The molecule has 1 aromatic heterocycles. The molecule has 0 aliphatic heterocycles. The van der Waals surface area contributed by atoms with Crippen LogP contribution in [0.4, 0.5) is 0 Å². The van der Waals surface area contributed by atoms with Gasteiger partial charge in [0, 0.05) is 22.8 Å². The smallest absolute Gasteiger partial charge is 0.144 e. The van der Waals surface area contributed by atoms with E-state index in [1.165, 1.54) is 5.56 Å². The Morgan fingerprint density at radius 2 is 2.20 bits per heavy atom. The molecule has 0 aliphatic carbocycles. The molecule has 0 atom stereocenters. The average Bonchev–Trinajstić information content (AvgIpc) is 2.80. The molecule has 0 radical (unpaired) electrons. The lowest BCUT2D eigenvalue weighted by Gasteiger charge is -2.11. The molecule has 2 rings (SSSR count). The van der Waals surface area contributed by atoms with Gasteiger partial charge in [0.1, 0.15) is 11.4 Å². The third-order valence-electron chi connectivity index (χ3n) is 3.22. The van der Waals surface area contributed by atoms with Crippen molar-refractivity contribution in [1.82, 2.24) is 15.1 Å². The van der Waals surface area contributed by atoms with E-state index in [1.54, 1.807) is 7.11 Å². The van der Waals surface area contributed by atoms with Crippen molar-refractivity contribution in [2.24, 2.45) is 0 Å². The number of nitrogens with one attached hydrogen (secondary N) is 1. The maximum atomic E-state index is 6.08. The van der Waals surface area contributed by atoms with Gasteiger partial charge in [-0.05, 0) is 38.1 Å². The highest BCUT2D eigenvalue weighted by molar-refractivity contribution is 6.30. The molecule has 1 aromatic carbocycles. The molecular weight excluding hydrogens is 274 g/mol. The Kier molecular flexibility index (Phi) is 5.04. The van der Waals surface area contributed by atoms with Crippen LogP contribution in [0.25, 0.3) is 5.69 Å². The van der Waals surface area contributed by atoms with E-state index in [4.69, 9.17) is 16.3 Å². The first-order valence-electron chi connectivity index (χ1n) is 6.75. The molecule has 5 heteroatoms. The molecule has 0 aliphatic rings. The minimum atomic E-state index is 0.668. The molecule has 1 heterocycles. The average molecular weight is 294 g/mol. The monoisotopic (exact) mass is 293 g/mol. The van der Waals surface area contributed by atoms with E-state index in [2.05, 4.69) is 24.3 Å². The number of benzene rings is 1. The summed E-state index contributed by atoms with van der Waals surface area (Å²) >= 11 is 6.08. The van der Waals surface area contributed by atoms with E-state index in [-0.39, 0.29) is 0 Å². The maximum Gasteiger partial charge on any atom is 0.144 e. The van der Waals surface area contributed by atoms with Crippen LogP contribution < -0.4 is 10.1 Å².